The summed E-state index contributed by atoms with van der Waals surface area (Å²) >= 11 is 0. The molecular formula is C45H33NO. The van der Waals surface area contributed by atoms with Crippen molar-refractivity contribution in [3.05, 3.63) is 175 Å². The standard InChI is InChI=1S/C45H33NO/c1-45(2)41-17-8-6-15-37(41)39-28-35(23-25-42(39)45)46(36-24-26-44-40(29-36)38-16-7-9-18-43(38)47-44)34-21-19-31(20-22-34)33-14-10-13-32(27-33)30-11-4-3-5-12-30/h3-29H,1-2H3. The van der Waals surface area contributed by atoms with Gasteiger partial charge in [0.05, 0.1) is 0 Å². The number of fused-ring (bicyclic) bond motifs is 6. The van der Waals surface area contributed by atoms with E-state index < -0.39 is 0 Å². The summed E-state index contributed by atoms with van der Waals surface area (Å²) in [6, 6.07) is 59.0. The zero-order valence-corrected chi connectivity index (χ0v) is 26.4. The molecule has 0 N–H and O–H groups in total. The van der Waals surface area contributed by atoms with E-state index in [1.807, 2.05) is 12.1 Å². The molecular weight excluding hydrogens is 571 g/mol. The molecule has 1 heterocycles. The second kappa shape index (κ2) is 10.6. The molecule has 47 heavy (non-hydrogen) atoms. The number of nitrogens with zero attached hydrogens (tertiary/aromatic N) is 1. The van der Waals surface area contributed by atoms with Crippen molar-refractivity contribution in [1.82, 2.24) is 0 Å². The maximum atomic E-state index is 6.21. The maximum Gasteiger partial charge on any atom is 0.135 e. The smallest absolute Gasteiger partial charge is 0.135 e. The number of hydrogen-bond donors (Lipinski definition) is 0. The zero-order chi connectivity index (χ0) is 31.5. The van der Waals surface area contributed by atoms with Crippen molar-refractivity contribution in [3.63, 3.8) is 0 Å². The molecule has 7 aromatic carbocycles. The molecule has 1 aliphatic carbocycles. The molecule has 0 unspecified atom stereocenters. The highest BCUT2D eigenvalue weighted by atomic mass is 16.3. The molecule has 8 aromatic rings. The molecule has 0 fully saturated rings. The average Bonchev–Trinajstić information content (AvgIpc) is 3.61. The van der Waals surface area contributed by atoms with Gasteiger partial charge in [0.1, 0.15) is 11.2 Å². The van der Waals surface area contributed by atoms with Crippen molar-refractivity contribution in [2.75, 3.05) is 4.90 Å². The molecule has 224 valence electrons. The lowest BCUT2D eigenvalue weighted by atomic mass is 9.82. The van der Waals surface area contributed by atoms with Gasteiger partial charge in [-0.2, -0.15) is 0 Å². The Morgan fingerprint density at radius 2 is 1.00 bits per heavy atom. The van der Waals surface area contributed by atoms with Gasteiger partial charge in [0.15, 0.2) is 0 Å². The molecule has 0 aliphatic heterocycles. The van der Waals surface area contributed by atoms with Gasteiger partial charge < -0.3 is 9.32 Å². The Morgan fingerprint density at radius 1 is 0.404 bits per heavy atom. The topological polar surface area (TPSA) is 16.4 Å². The summed E-state index contributed by atoms with van der Waals surface area (Å²) in [5, 5.41) is 2.24. The van der Waals surface area contributed by atoms with Crippen LogP contribution in [0.15, 0.2) is 168 Å². The monoisotopic (exact) mass is 603 g/mol. The molecule has 0 amide bonds. The number of benzene rings is 7. The molecule has 0 saturated carbocycles. The fourth-order valence-electron chi connectivity index (χ4n) is 7.46. The molecule has 0 saturated heterocycles. The van der Waals surface area contributed by atoms with E-state index in [9.17, 15) is 0 Å². The van der Waals surface area contributed by atoms with E-state index in [1.165, 1.54) is 44.5 Å². The Morgan fingerprint density at radius 3 is 1.83 bits per heavy atom. The number of hydrogen-bond acceptors (Lipinski definition) is 2. The summed E-state index contributed by atoms with van der Waals surface area (Å²) in [5.74, 6) is 0. The average molecular weight is 604 g/mol. The first-order chi connectivity index (χ1) is 23.0. The Balaban J connectivity index is 1.18. The van der Waals surface area contributed by atoms with Crippen LogP contribution in [0, 0.1) is 0 Å². The van der Waals surface area contributed by atoms with E-state index in [2.05, 4.69) is 170 Å². The van der Waals surface area contributed by atoms with Crippen LogP contribution < -0.4 is 4.90 Å². The SMILES string of the molecule is CC1(C)c2ccccc2-c2cc(N(c3ccc(-c4cccc(-c5ccccc5)c4)cc3)c3ccc4oc5ccccc5c4c3)ccc21. The lowest BCUT2D eigenvalue weighted by Gasteiger charge is -2.27. The molecule has 9 rings (SSSR count). The second-order valence-electron chi connectivity index (χ2n) is 13.0. The van der Waals surface area contributed by atoms with Crippen LogP contribution in [0.25, 0.3) is 55.3 Å². The first kappa shape index (κ1) is 27.5. The predicted octanol–water partition coefficient (Wildman–Crippen LogP) is 12.7. The number of para-hydroxylation sites is 1. The van der Waals surface area contributed by atoms with Crippen molar-refractivity contribution >= 4 is 39.0 Å². The van der Waals surface area contributed by atoms with E-state index in [0.717, 1.165) is 39.0 Å². The molecule has 0 radical (unpaired) electrons. The first-order valence-electron chi connectivity index (χ1n) is 16.3. The van der Waals surface area contributed by atoms with Gasteiger partial charge in [-0.15, -0.1) is 0 Å². The van der Waals surface area contributed by atoms with E-state index >= 15 is 0 Å². The summed E-state index contributed by atoms with van der Waals surface area (Å²) in [4.78, 5) is 2.37. The summed E-state index contributed by atoms with van der Waals surface area (Å²) in [6.45, 7) is 4.66. The summed E-state index contributed by atoms with van der Waals surface area (Å²) in [6.07, 6.45) is 0. The lowest BCUT2D eigenvalue weighted by Crippen LogP contribution is -2.15. The van der Waals surface area contributed by atoms with Crippen molar-refractivity contribution in [2.24, 2.45) is 0 Å². The second-order valence-corrected chi connectivity index (χ2v) is 13.0. The third kappa shape index (κ3) is 4.48. The lowest BCUT2D eigenvalue weighted by molar-refractivity contribution is 0.660. The van der Waals surface area contributed by atoms with Crippen molar-refractivity contribution < 1.29 is 4.42 Å². The van der Waals surface area contributed by atoms with Crippen LogP contribution in [0.3, 0.4) is 0 Å². The van der Waals surface area contributed by atoms with Gasteiger partial charge in [-0.05, 0) is 99.1 Å². The minimum Gasteiger partial charge on any atom is -0.456 e. The third-order valence-corrected chi connectivity index (χ3v) is 9.87. The normalized spacial score (nSPS) is 13.1. The molecule has 2 heteroatoms. The summed E-state index contributed by atoms with van der Waals surface area (Å²) in [7, 11) is 0. The third-order valence-electron chi connectivity index (χ3n) is 9.87. The van der Waals surface area contributed by atoms with Crippen LogP contribution in [0.2, 0.25) is 0 Å². The van der Waals surface area contributed by atoms with E-state index in [1.54, 1.807) is 0 Å². The van der Waals surface area contributed by atoms with Gasteiger partial charge in [-0.1, -0.05) is 123 Å². The van der Waals surface area contributed by atoms with Gasteiger partial charge in [0.2, 0.25) is 0 Å². The van der Waals surface area contributed by atoms with Gasteiger partial charge in [-0.25, -0.2) is 0 Å². The largest absolute Gasteiger partial charge is 0.456 e. The van der Waals surface area contributed by atoms with Crippen molar-refractivity contribution in [1.29, 1.82) is 0 Å². The minimum absolute atomic E-state index is 0.0418. The Hall–Kier alpha value is -5.86. The Kier molecular flexibility index (Phi) is 6.20. The number of furan rings is 1. The fraction of sp³-hybridized carbons (Fsp3) is 0.0667. The quantitative estimate of drug-likeness (QED) is 0.195. The molecule has 0 bridgehead atoms. The van der Waals surface area contributed by atoms with Crippen molar-refractivity contribution in [2.45, 2.75) is 19.3 Å². The summed E-state index contributed by atoms with van der Waals surface area (Å²) in [5.41, 5.74) is 15.3. The maximum absolute atomic E-state index is 6.21. The van der Waals surface area contributed by atoms with Crippen molar-refractivity contribution in [3.8, 4) is 33.4 Å². The highest BCUT2D eigenvalue weighted by molar-refractivity contribution is 6.06. The van der Waals surface area contributed by atoms with Gasteiger partial charge in [-0.3, -0.25) is 0 Å². The summed E-state index contributed by atoms with van der Waals surface area (Å²) < 4.78 is 6.21. The van der Waals surface area contributed by atoms with Gasteiger partial charge >= 0.3 is 0 Å². The first-order valence-corrected chi connectivity index (χ1v) is 16.3. The molecule has 0 spiro atoms. The molecule has 1 aliphatic rings. The van der Waals surface area contributed by atoms with E-state index in [-0.39, 0.29) is 5.41 Å². The number of anilines is 3. The van der Waals surface area contributed by atoms with E-state index in [4.69, 9.17) is 4.42 Å². The van der Waals surface area contributed by atoms with Crippen LogP contribution in [0.5, 0.6) is 0 Å². The zero-order valence-electron chi connectivity index (χ0n) is 26.4. The minimum atomic E-state index is -0.0418. The number of rotatable bonds is 5. The van der Waals surface area contributed by atoms with Gasteiger partial charge in [0.25, 0.3) is 0 Å². The highest BCUT2D eigenvalue weighted by Gasteiger charge is 2.35. The Labute approximate surface area is 275 Å². The molecule has 0 atom stereocenters. The molecule has 2 nitrogen and oxygen atoms in total. The van der Waals surface area contributed by atoms with Crippen LogP contribution in [0.4, 0.5) is 17.1 Å². The predicted molar refractivity (Wildman–Crippen MR) is 197 cm³/mol. The van der Waals surface area contributed by atoms with Gasteiger partial charge in [0, 0.05) is 33.2 Å². The fourth-order valence-corrected chi connectivity index (χ4v) is 7.46. The Bertz CT molecular complexity index is 2430. The molecule has 1 aromatic heterocycles. The highest BCUT2D eigenvalue weighted by Crippen LogP contribution is 2.50. The van der Waals surface area contributed by atoms with Crippen LogP contribution >= 0.6 is 0 Å². The van der Waals surface area contributed by atoms with E-state index in [0.29, 0.717) is 0 Å². The van der Waals surface area contributed by atoms with Crippen LogP contribution in [0.1, 0.15) is 25.0 Å². The van der Waals surface area contributed by atoms with Crippen LogP contribution in [-0.2, 0) is 5.41 Å². The van der Waals surface area contributed by atoms with Crippen LogP contribution in [-0.4, -0.2) is 0 Å².